The van der Waals surface area contributed by atoms with Crippen molar-refractivity contribution < 1.29 is 212 Å². The monoisotopic (exact) mass is 372 g/mol. The van der Waals surface area contributed by atoms with Crippen LogP contribution in [0.25, 0.3) is 0 Å². The number of hydrogen-bond donors (Lipinski definition) is 4. The summed E-state index contributed by atoms with van der Waals surface area (Å²) in [4.78, 5) is 31.5. The fourth-order valence-corrected chi connectivity index (χ4v) is 0. The molecule has 0 amide bonds. The molecule has 0 unspecified atom stereocenters. The largest absolute Gasteiger partial charge is 1.00 e. The first-order valence-electron chi connectivity index (χ1n) is 1.42. The summed E-state index contributed by atoms with van der Waals surface area (Å²) in [5.41, 5.74) is 0. The number of carbonyl (C=O) groups is 1. The van der Waals surface area contributed by atoms with Gasteiger partial charge in [0.2, 0.25) is 0 Å². The topological polar surface area (TPSA) is 138 Å². The van der Waals surface area contributed by atoms with Crippen molar-refractivity contribution >= 4 is 14.0 Å². The van der Waals surface area contributed by atoms with Crippen molar-refractivity contribution in [3.05, 3.63) is 0 Å². The van der Waals surface area contributed by atoms with Gasteiger partial charge in [0, 0.05) is 0 Å². The third kappa shape index (κ3) is 253. The predicted molar refractivity (Wildman–Crippen MR) is 22.7 cm³/mol. The van der Waals surface area contributed by atoms with Crippen molar-refractivity contribution in [1.29, 1.82) is 0 Å². The van der Waals surface area contributed by atoms with E-state index in [1.165, 1.54) is 0 Å². The smallest absolute Gasteiger partial charge is 1.00 e. The minimum absolute atomic E-state index is 0. The van der Waals surface area contributed by atoms with Crippen LogP contribution in [0.4, 0.5) is 4.79 Å². The van der Waals surface area contributed by atoms with E-state index >= 15 is 0 Å². The third-order valence-electron chi connectivity index (χ3n) is 0. The summed E-state index contributed by atoms with van der Waals surface area (Å²) in [5, 5.41) is 13.9. The van der Waals surface area contributed by atoms with E-state index < -0.39 is 14.0 Å². The number of phosphoric acid groups is 1. The van der Waals surface area contributed by atoms with Crippen LogP contribution in [0, 0.1) is 0 Å². The first-order chi connectivity index (χ1) is 3.73. The van der Waals surface area contributed by atoms with Gasteiger partial charge >= 0.3 is 146 Å². The van der Waals surface area contributed by atoms with Crippen molar-refractivity contribution in [3.8, 4) is 0 Å². The van der Waals surface area contributed by atoms with Crippen molar-refractivity contribution in [2.24, 2.45) is 0 Å². The molecule has 0 saturated carbocycles. The molecule has 0 radical (unpaired) electrons. The summed E-state index contributed by atoms with van der Waals surface area (Å²) in [6.45, 7) is 0. The van der Waals surface area contributed by atoms with Crippen LogP contribution >= 0.6 is 7.82 Å². The second-order valence-corrected chi connectivity index (χ2v) is 1.75. The van der Waals surface area contributed by atoms with Gasteiger partial charge in [-0.15, -0.1) is 0 Å². The van der Waals surface area contributed by atoms with Crippen LogP contribution in [0.3, 0.4) is 0 Å². The molecule has 16 heavy (non-hydrogen) atoms. The standard InChI is InChI=1S/CH2O3.3ClH.K.3Na.H3O4P/c2-1(3)4;;;;;;;;1-5(2,3)4/h(H2,2,3,4);3*1H;;;;;(H3,1,2,3,4)/q;;;;4*+1;/p-4. The number of rotatable bonds is 0. The Morgan fingerprint density at radius 1 is 0.938 bits per heavy atom. The predicted octanol–water partition coefficient (Wildman–Crippen LogP) is -22.3. The summed E-state index contributed by atoms with van der Waals surface area (Å²) in [7, 11) is -4.89. The minimum atomic E-state index is -4.89. The molecule has 4 N–H and O–H groups in total. The molecule has 0 aliphatic rings. The normalized spacial score (nSPS) is 5.19. The Morgan fingerprint density at radius 2 is 0.938 bits per heavy atom. The Morgan fingerprint density at radius 3 is 0.938 bits per heavy atom. The molecular formula is CH4Cl3KNa3O7P. The molecule has 0 aliphatic heterocycles. The maximum atomic E-state index is 8.77. The van der Waals surface area contributed by atoms with Gasteiger partial charge in [-0.2, -0.15) is 0 Å². The van der Waals surface area contributed by atoms with Gasteiger partial charge in [0.15, 0.2) is 0 Å². The molecule has 0 heterocycles. The molecule has 0 spiro atoms. The average Bonchev–Trinajstić information content (AvgIpc) is 1.19. The SMILES string of the molecule is O=C(O)O.O=P([O-])(O)O.[Cl-].[Cl-].[Cl-].[K+].[Na+].[Na+].[Na+]. The van der Waals surface area contributed by atoms with Gasteiger partial charge in [-0.1, -0.05) is 0 Å². The van der Waals surface area contributed by atoms with E-state index in [9.17, 15) is 0 Å². The number of halogens is 3. The van der Waals surface area contributed by atoms with Gasteiger partial charge < -0.3 is 62.1 Å². The molecule has 80 valence electrons. The summed E-state index contributed by atoms with van der Waals surface area (Å²) in [5.74, 6) is 0. The molecule has 7 nitrogen and oxygen atoms in total. The first-order valence-corrected chi connectivity index (χ1v) is 2.95. The van der Waals surface area contributed by atoms with Crippen LogP contribution in [0.5, 0.6) is 0 Å². The van der Waals surface area contributed by atoms with Gasteiger partial charge in [-0.25, -0.2) is 4.79 Å². The summed E-state index contributed by atoms with van der Waals surface area (Å²) < 4.78 is 8.77. The molecule has 0 saturated heterocycles. The van der Waals surface area contributed by atoms with Gasteiger partial charge in [-0.3, -0.25) is 4.57 Å². The van der Waals surface area contributed by atoms with E-state index in [1.54, 1.807) is 0 Å². The Labute approximate surface area is 220 Å². The number of carboxylic acid groups (broad SMARTS) is 2. The van der Waals surface area contributed by atoms with E-state index in [4.69, 9.17) is 34.3 Å². The van der Waals surface area contributed by atoms with Gasteiger partial charge in [-0.05, 0) is 0 Å². The van der Waals surface area contributed by atoms with Crippen LogP contribution in [-0.2, 0) is 4.57 Å². The quantitative estimate of drug-likeness (QED) is 0.244. The summed E-state index contributed by atoms with van der Waals surface area (Å²) in [6.07, 6.45) is -1.83. The van der Waals surface area contributed by atoms with Crippen LogP contribution in [0.15, 0.2) is 0 Å². The van der Waals surface area contributed by atoms with Crippen LogP contribution in [0.2, 0.25) is 0 Å². The number of hydrogen-bond acceptors (Lipinski definition) is 3. The van der Waals surface area contributed by atoms with Gasteiger partial charge in [0.25, 0.3) is 7.82 Å². The Bertz CT molecular complexity index is 135. The van der Waals surface area contributed by atoms with Crippen molar-refractivity contribution in [1.82, 2.24) is 0 Å². The van der Waals surface area contributed by atoms with E-state index in [0.29, 0.717) is 0 Å². The van der Waals surface area contributed by atoms with Crippen molar-refractivity contribution in [2.75, 3.05) is 0 Å². The van der Waals surface area contributed by atoms with Gasteiger partial charge in [0.1, 0.15) is 0 Å². The zero-order chi connectivity index (χ0) is 8.08. The zero-order valence-corrected chi connectivity index (χ0v) is 21.4. The van der Waals surface area contributed by atoms with Crippen LogP contribution in [0.1, 0.15) is 0 Å². The van der Waals surface area contributed by atoms with Crippen molar-refractivity contribution in [3.63, 3.8) is 0 Å². The van der Waals surface area contributed by atoms with E-state index in [0.717, 1.165) is 0 Å². The average molecular weight is 373 g/mol. The van der Waals surface area contributed by atoms with Crippen LogP contribution in [-0.4, -0.2) is 26.2 Å². The Balaban J connectivity index is -0.00000000614. The molecule has 0 aromatic carbocycles. The molecule has 15 heteroatoms. The maximum absolute atomic E-state index is 8.77. The molecule has 0 fully saturated rings. The van der Waals surface area contributed by atoms with Crippen LogP contribution < -0.4 is 182 Å². The Kier molecular flexibility index (Phi) is 134. The van der Waals surface area contributed by atoms with Crippen molar-refractivity contribution in [2.45, 2.75) is 0 Å². The van der Waals surface area contributed by atoms with Gasteiger partial charge in [0.05, 0.1) is 0 Å². The maximum Gasteiger partial charge on any atom is 1.00 e. The fourth-order valence-electron chi connectivity index (χ4n) is 0. The third-order valence-corrected chi connectivity index (χ3v) is 0. The summed E-state index contributed by atoms with van der Waals surface area (Å²) in [6, 6.07) is 0. The Hall–Kier alpha value is 4.89. The fraction of sp³-hybridized carbons (Fsp3) is 0. The summed E-state index contributed by atoms with van der Waals surface area (Å²) >= 11 is 0. The zero-order valence-electron chi connectivity index (χ0n) is 9.09. The molecule has 0 aromatic heterocycles. The van der Waals surface area contributed by atoms with E-state index in [2.05, 4.69) is 0 Å². The molecule has 0 aliphatic carbocycles. The molecule has 0 rings (SSSR count). The molecular weight excluding hydrogens is 369 g/mol. The molecule has 0 aromatic rings. The van der Waals surface area contributed by atoms with E-state index in [-0.39, 0.29) is 177 Å². The van der Waals surface area contributed by atoms with E-state index in [1.807, 2.05) is 0 Å². The molecule has 0 bridgehead atoms. The second kappa shape index (κ2) is 36.8. The minimum Gasteiger partial charge on any atom is -1.00 e. The first kappa shape index (κ1) is 58.5. The molecule has 0 atom stereocenters. The second-order valence-electron chi connectivity index (χ2n) is 0.773.